The van der Waals surface area contributed by atoms with Crippen molar-refractivity contribution in [1.29, 1.82) is 0 Å². The van der Waals surface area contributed by atoms with E-state index in [2.05, 4.69) is 4.98 Å². The number of anilines is 1. The average molecular weight is 261 g/mol. The third-order valence-corrected chi connectivity index (χ3v) is 3.39. The van der Waals surface area contributed by atoms with Crippen LogP contribution in [0.15, 0.2) is 18.3 Å². The quantitative estimate of drug-likeness (QED) is 0.767. The minimum absolute atomic E-state index is 0.0166. The molecular weight excluding hydrogens is 242 g/mol. The summed E-state index contributed by atoms with van der Waals surface area (Å²) < 4.78 is 0. The second-order valence-electron chi connectivity index (χ2n) is 5.09. The van der Waals surface area contributed by atoms with Crippen LogP contribution in [0, 0.1) is 5.92 Å². The van der Waals surface area contributed by atoms with E-state index in [1.807, 2.05) is 19.0 Å². The Morgan fingerprint density at radius 2 is 2.32 bits per heavy atom. The molecule has 1 fully saturated rings. The van der Waals surface area contributed by atoms with E-state index in [1.165, 1.54) is 0 Å². The molecule has 19 heavy (non-hydrogen) atoms. The lowest BCUT2D eigenvalue weighted by Crippen LogP contribution is -2.40. The number of carbonyl (C=O) groups excluding carboxylic acids is 2. The standard InChI is InChI=1S/C14H19N3O2/c1-16(2)13-8-12(5-6-15-13)14(19)17-7-3-4-11(9-17)10-18/h5-6,8,10-11H,3-4,7,9H2,1-2H3. The fourth-order valence-corrected chi connectivity index (χ4v) is 2.28. The highest BCUT2D eigenvalue weighted by atomic mass is 16.2. The van der Waals surface area contributed by atoms with Gasteiger partial charge in [0.15, 0.2) is 0 Å². The van der Waals surface area contributed by atoms with E-state index in [0.717, 1.165) is 31.5 Å². The van der Waals surface area contributed by atoms with Crippen LogP contribution in [0.4, 0.5) is 5.82 Å². The monoisotopic (exact) mass is 261 g/mol. The lowest BCUT2D eigenvalue weighted by Gasteiger charge is -2.30. The van der Waals surface area contributed by atoms with Gasteiger partial charge in [-0.25, -0.2) is 4.98 Å². The first kappa shape index (κ1) is 13.5. The molecule has 2 heterocycles. The molecule has 1 atom stereocenters. The molecule has 1 aromatic rings. The Kier molecular flexibility index (Phi) is 4.14. The molecule has 102 valence electrons. The van der Waals surface area contributed by atoms with Crippen molar-refractivity contribution in [3.63, 3.8) is 0 Å². The highest BCUT2D eigenvalue weighted by Crippen LogP contribution is 2.18. The summed E-state index contributed by atoms with van der Waals surface area (Å²) in [5.74, 6) is 0.722. The summed E-state index contributed by atoms with van der Waals surface area (Å²) in [6, 6.07) is 3.51. The lowest BCUT2D eigenvalue weighted by atomic mass is 9.99. The minimum Gasteiger partial charge on any atom is -0.363 e. The van der Waals surface area contributed by atoms with Gasteiger partial charge in [-0.3, -0.25) is 4.79 Å². The molecule has 0 saturated carbocycles. The van der Waals surface area contributed by atoms with Crippen LogP contribution >= 0.6 is 0 Å². The predicted octanol–water partition coefficient (Wildman–Crippen LogP) is 1.20. The molecule has 1 amide bonds. The second kappa shape index (κ2) is 5.82. The van der Waals surface area contributed by atoms with Crippen molar-refractivity contribution >= 4 is 18.0 Å². The zero-order valence-corrected chi connectivity index (χ0v) is 11.4. The molecule has 5 nitrogen and oxygen atoms in total. The van der Waals surface area contributed by atoms with Crippen molar-refractivity contribution in [2.75, 3.05) is 32.1 Å². The van der Waals surface area contributed by atoms with Gasteiger partial charge in [-0.15, -0.1) is 0 Å². The fourth-order valence-electron chi connectivity index (χ4n) is 2.28. The van der Waals surface area contributed by atoms with Crippen molar-refractivity contribution in [3.8, 4) is 0 Å². The summed E-state index contributed by atoms with van der Waals surface area (Å²) in [6.07, 6.45) is 4.37. The molecule has 5 heteroatoms. The molecule has 0 spiro atoms. The van der Waals surface area contributed by atoms with Crippen LogP contribution in [-0.2, 0) is 4.79 Å². The van der Waals surface area contributed by atoms with Crippen LogP contribution in [0.25, 0.3) is 0 Å². The van der Waals surface area contributed by atoms with Gasteiger partial charge in [0.2, 0.25) is 0 Å². The van der Waals surface area contributed by atoms with Crippen LogP contribution in [0.5, 0.6) is 0 Å². The summed E-state index contributed by atoms with van der Waals surface area (Å²) in [4.78, 5) is 31.1. The number of nitrogens with zero attached hydrogens (tertiary/aromatic N) is 3. The summed E-state index contributed by atoms with van der Waals surface area (Å²) in [5.41, 5.74) is 0.630. The van der Waals surface area contributed by atoms with Crippen LogP contribution in [-0.4, -0.2) is 49.3 Å². The normalized spacial score (nSPS) is 19.1. The predicted molar refractivity (Wildman–Crippen MR) is 73.3 cm³/mol. The molecule has 0 aliphatic carbocycles. The van der Waals surface area contributed by atoms with E-state index < -0.39 is 0 Å². The van der Waals surface area contributed by atoms with E-state index in [0.29, 0.717) is 12.1 Å². The Balaban J connectivity index is 2.14. The molecule has 0 N–H and O–H groups in total. The molecular formula is C14H19N3O2. The Labute approximate surface area is 113 Å². The van der Waals surface area contributed by atoms with E-state index >= 15 is 0 Å². The number of hydrogen-bond acceptors (Lipinski definition) is 4. The van der Waals surface area contributed by atoms with Crippen molar-refractivity contribution in [3.05, 3.63) is 23.9 Å². The fraction of sp³-hybridized carbons (Fsp3) is 0.500. The third kappa shape index (κ3) is 3.10. The maximum atomic E-state index is 12.4. The van der Waals surface area contributed by atoms with Gasteiger partial charge < -0.3 is 14.6 Å². The first-order valence-electron chi connectivity index (χ1n) is 6.49. The summed E-state index contributed by atoms with van der Waals surface area (Å²) in [7, 11) is 3.78. The van der Waals surface area contributed by atoms with Gasteiger partial charge in [-0.05, 0) is 25.0 Å². The topological polar surface area (TPSA) is 53.5 Å². The number of hydrogen-bond donors (Lipinski definition) is 0. The highest BCUT2D eigenvalue weighted by molar-refractivity contribution is 5.95. The van der Waals surface area contributed by atoms with E-state index in [9.17, 15) is 9.59 Å². The van der Waals surface area contributed by atoms with Gasteiger partial charge in [0.25, 0.3) is 5.91 Å². The summed E-state index contributed by atoms with van der Waals surface area (Å²) >= 11 is 0. The smallest absolute Gasteiger partial charge is 0.254 e. The first-order valence-corrected chi connectivity index (χ1v) is 6.49. The van der Waals surface area contributed by atoms with E-state index in [1.54, 1.807) is 23.2 Å². The average Bonchev–Trinajstić information content (AvgIpc) is 2.46. The van der Waals surface area contributed by atoms with E-state index in [4.69, 9.17) is 0 Å². The maximum absolute atomic E-state index is 12.4. The third-order valence-electron chi connectivity index (χ3n) is 3.39. The molecule has 1 unspecified atom stereocenters. The molecule has 0 radical (unpaired) electrons. The largest absolute Gasteiger partial charge is 0.363 e. The molecule has 2 rings (SSSR count). The minimum atomic E-state index is -0.0205. The van der Waals surface area contributed by atoms with Crippen molar-refractivity contribution in [2.45, 2.75) is 12.8 Å². The Hall–Kier alpha value is -1.91. The zero-order valence-electron chi connectivity index (χ0n) is 11.4. The summed E-state index contributed by atoms with van der Waals surface area (Å²) in [5, 5.41) is 0. The molecule has 1 aromatic heterocycles. The number of rotatable bonds is 3. The van der Waals surface area contributed by atoms with Gasteiger partial charge in [-0.2, -0.15) is 0 Å². The van der Waals surface area contributed by atoms with Crippen molar-refractivity contribution < 1.29 is 9.59 Å². The van der Waals surface area contributed by atoms with Crippen molar-refractivity contribution in [1.82, 2.24) is 9.88 Å². The van der Waals surface area contributed by atoms with E-state index in [-0.39, 0.29) is 11.8 Å². The van der Waals surface area contributed by atoms with Crippen molar-refractivity contribution in [2.24, 2.45) is 5.92 Å². The Morgan fingerprint density at radius 3 is 3.00 bits per heavy atom. The molecule has 1 aliphatic rings. The Morgan fingerprint density at radius 1 is 1.53 bits per heavy atom. The molecule has 0 aromatic carbocycles. The van der Waals surface area contributed by atoms with Gasteiger partial charge in [0.05, 0.1) is 0 Å². The highest BCUT2D eigenvalue weighted by Gasteiger charge is 2.24. The first-order chi connectivity index (χ1) is 9.11. The number of likely N-dealkylation sites (tertiary alicyclic amines) is 1. The number of aldehydes is 1. The summed E-state index contributed by atoms with van der Waals surface area (Å²) in [6.45, 7) is 1.25. The van der Waals surface area contributed by atoms with Gasteiger partial charge in [0.1, 0.15) is 12.1 Å². The van der Waals surface area contributed by atoms with Gasteiger partial charge in [0, 0.05) is 44.9 Å². The molecule has 1 aliphatic heterocycles. The lowest BCUT2D eigenvalue weighted by molar-refractivity contribution is -0.112. The molecule has 1 saturated heterocycles. The van der Waals surface area contributed by atoms with Gasteiger partial charge in [-0.1, -0.05) is 0 Å². The number of aromatic nitrogens is 1. The SMILES string of the molecule is CN(C)c1cc(C(=O)N2CCCC(C=O)C2)ccn1. The second-order valence-corrected chi connectivity index (χ2v) is 5.09. The maximum Gasteiger partial charge on any atom is 0.254 e. The molecule has 0 bridgehead atoms. The van der Waals surface area contributed by atoms with Crippen LogP contribution in [0.1, 0.15) is 23.2 Å². The van der Waals surface area contributed by atoms with Crippen LogP contribution in [0.2, 0.25) is 0 Å². The number of carbonyl (C=O) groups is 2. The Bertz CT molecular complexity index is 474. The van der Waals surface area contributed by atoms with Gasteiger partial charge >= 0.3 is 0 Å². The van der Waals surface area contributed by atoms with Crippen LogP contribution < -0.4 is 4.90 Å². The number of amides is 1. The zero-order chi connectivity index (χ0) is 13.8. The number of piperidine rings is 1. The number of pyridine rings is 1. The van der Waals surface area contributed by atoms with Crippen LogP contribution in [0.3, 0.4) is 0 Å².